The summed E-state index contributed by atoms with van der Waals surface area (Å²) in [5.41, 5.74) is -0.0113. The van der Waals surface area contributed by atoms with Gasteiger partial charge in [0.25, 0.3) is 5.91 Å². The highest BCUT2D eigenvalue weighted by atomic mass is 16.5. The average molecular weight is 315 g/mol. The number of nitrogens with one attached hydrogen (secondary N) is 1. The Labute approximate surface area is 132 Å². The highest BCUT2D eigenvalue weighted by molar-refractivity contribution is 6.03. The van der Waals surface area contributed by atoms with Gasteiger partial charge in [-0.05, 0) is 31.0 Å². The Morgan fingerprint density at radius 3 is 2.74 bits per heavy atom. The van der Waals surface area contributed by atoms with Crippen LogP contribution in [0.25, 0.3) is 0 Å². The Kier molecular flexibility index (Phi) is 4.50. The van der Waals surface area contributed by atoms with Crippen LogP contribution >= 0.6 is 0 Å². The quantitative estimate of drug-likeness (QED) is 0.883. The Morgan fingerprint density at radius 2 is 2.09 bits per heavy atom. The minimum absolute atomic E-state index is 0.0656. The van der Waals surface area contributed by atoms with Crippen LogP contribution in [0.4, 0.5) is 5.82 Å². The second-order valence-electron chi connectivity index (χ2n) is 5.30. The first-order valence-corrected chi connectivity index (χ1v) is 7.39. The molecule has 7 nitrogen and oxygen atoms in total. The molecule has 1 fully saturated rings. The lowest BCUT2D eigenvalue weighted by Crippen LogP contribution is -2.28. The van der Waals surface area contributed by atoms with E-state index in [9.17, 15) is 9.59 Å². The summed E-state index contributed by atoms with van der Waals surface area (Å²) in [7, 11) is 0. The van der Waals surface area contributed by atoms with Crippen LogP contribution in [0.5, 0.6) is 0 Å². The van der Waals surface area contributed by atoms with E-state index < -0.39 is 11.9 Å². The van der Waals surface area contributed by atoms with Gasteiger partial charge in [-0.2, -0.15) is 4.98 Å². The number of aromatic nitrogens is 2. The predicted octanol–water partition coefficient (Wildman–Crippen LogP) is 1.17. The fraction of sp³-hybridized carbons (Fsp3) is 0.312. The van der Waals surface area contributed by atoms with Crippen molar-refractivity contribution in [3.63, 3.8) is 0 Å². The van der Waals surface area contributed by atoms with E-state index in [0.717, 1.165) is 0 Å². The summed E-state index contributed by atoms with van der Waals surface area (Å²) >= 11 is 0. The number of rotatable bonds is 4. The summed E-state index contributed by atoms with van der Waals surface area (Å²) in [5.74, 6) is -0.135. The maximum Gasteiger partial charge on any atom is 0.351 e. The van der Waals surface area contributed by atoms with Crippen LogP contribution in [0.2, 0.25) is 0 Å². The van der Waals surface area contributed by atoms with Crippen molar-refractivity contribution in [3.05, 3.63) is 58.6 Å². The van der Waals surface area contributed by atoms with Crippen molar-refractivity contribution in [1.29, 1.82) is 0 Å². The van der Waals surface area contributed by atoms with E-state index in [1.165, 1.54) is 4.57 Å². The van der Waals surface area contributed by atoms with E-state index in [4.69, 9.17) is 9.84 Å². The fourth-order valence-corrected chi connectivity index (χ4v) is 2.51. The van der Waals surface area contributed by atoms with Gasteiger partial charge in [0.05, 0.1) is 12.7 Å². The third-order valence-electron chi connectivity index (χ3n) is 3.71. The number of nitrogens with zero attached hydrogens (tertiary/aromatic N) is 2. The first kappa shape index (κ1) is 15.4. The number of amides is 1. The smallest absolute Gasteiger partial charge is 0.351 e. The van der Waals surface area contributed by atoms with Crippen LogP contribution in [0.3, 0.4) is 0 Å². The molecular weight excluding hydrogens is 298 g/mol. The molecule has 2 N–H and O–H groups in total. The minimum atomic E-state index is -0.501. The van der Waals surface area contributed by atoms with Gasteiger partial charge < -0.3 is 15.2 Å². The summed E-state index contributed by atoms with van der Waals surface area (Å²) in [5, 5.41) is 11.7. The number of carbonyl (C=O) groups is 1. The van der Waals surface area contributed by atoms with Crippen molar-refractivity contribution in [2.24, 2.45) is 0 Å². The summed E-state index contributed by atoms with van der Waals surface area (Å²) in [6.07, 6.45) is 2.21. The number of carbonyl (C=O) groups excluding carboxylic acids is 1. The normalized spacial score (nSPS) is 20.4. The van der Waals surface area contributed by atoms with Crippen molar-refractivity contribution in [2.45, 2.75) is 25.2 Å². The number of aliphatic hydroxyl groups excluding tert-OH is 1. The van der Waals surface area contributed by atoms with Gasteiger partial charge >= 0.3 is 5.69 Å². The number of anilines is 1. The first-order valence-electron chi connectivity index (χ1n) is 7.39. The molecule has 0 radical (unpaired) electrons. The molecule has 0 spiro atoms. The molecule has 23 heavy (non-hydrogen) atoms. The zero-order valence-electron chi connectivity index (χ0n) is 12.4. The van der Waals surface area contributed by atoms with E-state index in [0.29, 0.717) is 18.4 Å². The van der Waals surface area contributed by atoms with Crippen LogP contribution in [-0.2, 0) is 4.74 Å². The topological polar surface area (TPSA) is 93.5 Å². The van der Waals surface area contributed by atoms with Crippen molar-refractivity contribution in [2.75, 3.05) is 11.9 Å². The van der Waals surface area contributed by atoms with Gasteiger partial charge in [-0.1, -0.05) is 18.2 Å². The number of hydrogen-bond donors (Lipinski definition) is 2. The Balaban J connectivity index is 1.72. The van der Waals surface area contributed by atoms with Gasteiger partial charge in [-0.25, -0.2) is 4.79 Å². The molecule has 1 aromatic heterocycles. The van der Waals surface area contributed by atoms with Crippen molar-refractivity contribution in [1.82, 2.24) is 9.55 Å². The first-order chi connectivity index (χ1) is 11.2. The molecule has 0 unspecified atom stereocenters. The lowest BCUT2D eigenvalue weighted by molar-refractivity contribution is -0.0245. The van der Waals surface area contributed by atoms with Gasteiger partial charge in [-0.3, -0.25) is 9.36 Å². The third-order valence-corrected chi connectivity index (χ3v) is 3.71. The second-order valence-corrected chi connectivity index (χ2v) is 5.30. The molecule has 120 valence electrons. The van der Waals surface area contributed by atoms with Crippen molar-refractivity contribution >= 4 is 11.7 Å². The van der Waals surface area contributed by atoms with Crippen LogP contribution in [0.15, 0.2) is 47.4 Å². The van der Waals surface area contributed by atoms with Crippen LogP contribution < -0.4 is 11.0 Å². The third kappa shape index (κ3) is 3.46. The van der Waals surface area contributed by atoms with E-state index >= 15 is 0 Å². The molecule has 7 heteroatoms. The van der Waals surface area contributed by atoms with Gasteiger partial charge in [0.2, 0.25) is 0 Å². The zero-order chi connectivity index (χ0) is 16.2. The summed E-state index contributed by atoms with van der Waals surface area (Å²) in [4.78, 5) is 28.0. The molecule has 1 aliphatic rings. The molecule has 2 heterocycles. The Hall–Kier alpha value is -2.51. The van der Waals surface area contributed by atoms with Crippen LogP contribution in [0, 0.1) is 0 Å². The summed E-state index contributed by atoms with van der Waals surface area (Å²) < 4.78 is 6.92. The molecule has 1 amide bonds. The average Bonchev–Trinajstić information content (AvgIpc) is 3.04. The lowest BCUT2D eigenvalue weighted by atomic mass is 10.2. The van der Waals surface area contributed by atoms with Gasteiger partial charge in [0.1, 0.15) is 12.0 Å². The number of benzene rings is 1. The van der Waals surface area contributed by atoms with E-state index in [1.807, 2.05) is 6.07 Å². The molecule has 0 bridgehead atoms. The van der Waals surface area contributed by atoms with E-state index in [2.05, 4.69) is 10.3 Å². The highest BCUT2D eigenvalue weighted by Crippen LogP contribution is 2.26. The summed E-state index contributed by atoms with van der Waals surface area (Å²) in [6, 6.07) is 10.2. The van der Waals surface area contributed by atoms with Crippen molar-refractivity contribution < 1.29 is 14.6 Å². The molecule has 0 aliphatic carbocycles. The molecule has 3 rings (SSSR count). The second kappa shape index (κ2) is 6.72. The largest absolute Gasteiger partial charge is 0.394 e. The van der Waals surface area contributed by atoms with Crippen molar-refractivity contribution in [3.8, 4) is 0 Å². The maximum atomic E-state index is 12.1. The molecule has 2 atom stereocenters. The highest BCUT2D eigenvalue weighted by Gasteiger charge is 2.26. The molecule has 1 aromatic carbocycles. The zero-order valence-corrected chi connectivity index (χ0v) is 12.4. The van der Waals surface area contributed by atoms with Gasteiger partial charge in [0, 0.05) is 11.8 Å². The maximum absolute atomic E-state index is 12.1. The predicted molar refractivity (Wildman–Crippen MR) is 83.1 cm³/mol. The summed E-state index contributed by atoms with van der Waals surface area (Å²) in [6.45, 7) is -0.0656. The van der Waals surface area contributed by atoms with E-state index in [1.54, 1.807) is 36.5 Å². The molecule has 1 aliphatic heterocycles. The molecule has 0 saturated carbocycles. The number of ether oxygens (including phenoxy) is 1. The molecular formula is C16H17N3O4. The minimum Gasteiger partial charge on any atom is -0.394 e. The SMILES string of the molecule is O=C(Nc1ccn([C@H]2CC[C@H](CO)O2)c(=O)n1)c1ccccc1. The Bertz CT molecular complexity index is 744. The molecule has 2 aromatic rings. The lowest BCUT2D eigenvalue weighted by Gasteiger charge is -2.15. The number of aliphatic hydroxyl groups is 1. The van der Waals surface area contributed by atoms with Crippen LogP contribution in [-0.4, -0.2) is 33.3 Å². The van der Waals surface area contributed by atoms with Gasteiger partial charge in [0.15, 0.2) is 0 Å². The monoisotopic (exact) mass is 315 g/mol. The number of hydrogen-bond acceptors (Lipinski definition) is 5. The van der Waals surface area contributed by atoms with Crippen LogP contribution in [0.1, 0.15) is 29.4 Å². The Morgan fingerprint density at radius 1 is 1.30 bits per heavy atom. The van der Waals surface area contributed by atoms with E-state index in [-0.39, 0.29) is 24.4 Å². The van der Waals surface area contributed by atoms with Gasteiger partial charge in [-0.15, -0.1) is 0 Å². The fourth-order valence-electron chi connectivity index (χ4n) is 2.51. The standard InChI is InChI=1S/C16H17N3O4/c20-10-12-6-7-14(23-12)19-9-8-13(18-16(19)22)17-15(21)11-4-2-1-3-5-11/h1-5,8-9,12,14,20H,6-7,10H2,(H,17,18,21,22)/t12-,14-/m1/s1. The molecule has 1 saturated heterocycles.